The molecule has 0 aliphatic rings. The van der Waals surface area contributed by atoms with E-state index in [0.717, 1.165) is 16.4 Å². The van der Waals surface area contributed by atoms with Crippen molar-refractivity contribution in [3.05, 3.63) is 0 Å². The summed E-state index contributed by atoms with van der Waals surface area (Å²) in [6.07, 6.45) is 30.5. The highest BCUT2D eigenvalue weighted by Gasteiger charge is 2.28. The summed E-state index contributed by atoms with van der Waals surface area (Å²) in [6.45, 7) is 7.14. The van der Waals surface area contributed by atoms with Gasteiger partial charge in [-0.15, -0.1) is 0 Å². The van der Waals surface area contributed by atoms with Crippen molar-refractivity contribution in [2.45, 2.75) is 162 Å². The fourth-order valence-corrected chi connectivity index (χ4v) is 5.25. The number of hydrogen-bond donors (Lipinski definition) is 2. The van der Waals surface area contributed by atoms with E-state index >= 15 is 0 Å². The second-order valence-corrected chi connectivity index (χ2v) is 12.6. The first-order valence-corrected chi connectivity index (χ1v) is 16.3. The normalized spacial score (nSPS) is 13.8. The standard InChI is InChI=1S/C29H62N.H2O4S/c1-7-9-11-12-13-14-15-16-17-18-19-20-21-22-23-25-26-28(3)29(30(4,5)6)27-24-10-8-2;1-5(2,3)4/h28-29H,7-27H2,1-6H3;(H2,1,2,3,4)/q+1;. The highest BCUT2D eigenvalue weighted by Crippen LogP contribution is 2.25. The monoisotopic (exact) mass is 522 g/mol. The van der Waals surface area contributed by atoms with Gasteiger partial charge in [0.1, 0.15) is 0 Å². The Balaban J connectivity index is 0. The molecule has 214 valence electrons. The maximum absolute atomic E-state index is 8.74. The summed E-state index contributed by atoms with van der Waals surface area (Å²) in [7, 11) is 2.54. The van der Waals surface area contributed by atoms with Crippen molar-refractivity contribution in [2.24, 2.45) is 5.92 Å². The van der Waals surface area contributed by atoms with Crippen LogP contribution >= 0.6 is 0 Å². The van der Waals surface area contributed by atoms with E-state index in [0.29, 0.717) is 0 Å². The summed E-state index contributed by atoms with van der Waals surface area (Å²) in [5.41, 5.74) is 0. The molecule has 0 fully saturated rings. The molecule has 0 amide bonds. The Morgan fingerprint density at radius 1 is 0.543 bits per heavy atom. The van der Waals surface area contributed by atoms with E-state index in [1.807, 2.05) is 0 Å². The molecule has 0 spiro atoms. The van der Waals surface area contributed by atoms with Gasteiger partial charge in [-0.2, -0.15) is 8.42 Å². The Morgan fingerprint density at radius 2 is 0.800 bits per heavy atom. The highest BCUT2D eigenvalue weighted by molar-refractivity contribution is 7.79. The van der Waals surface area contributed by atoms with Crippen LogP contribution in [0.25, 0.3) is 0 Å². The van der Waals surface area contributed by atoms with Crippen LogP contribution in [0.2, 0.25) is 0 Å². The van der Waals surface area contributed by atoms with Gasteiger partial charge in [-0.25, -0.2) is 0 Å². The maximum Gasteiger partial charge on any atom is 0.394 e. The molecule has 0 bridgehead atoms. The van der Waals surface area contributed by atoms with E-state index in [1.165, 1.54) is 135 Å². The van der Waals surface area contributed by atoms with Crippen LogP contribution in [0.15, 0.2) is 0 Å². The van der Waals surface area contributed by atoms with E-state index in [2.05, 4.69) is 41.9 Å². The Kier molecular flexibility index (Phi) is 25.6. The third-order valence-corrected chi connectivity index (χ3v) is 7.27. The van der Waals surface area contributed by atoms with Crippen LogP contribution in [-0.2, 0) is 10.4 Å². The first-order valence-electron chi connectivity index (χ1n) is 14.9. The van der Waals surface area contributed by atoms with Crippen LogP contribution in [0, 0.1) is 5.92 Å². The van der Waals surface area contributed by atoms with Crippen molar-refractivity contribution >= 4 is 10.4 Å². The molecule has 0 aliphatic heterocycles. The lowest BCUT2D eigenvalue weighted by Crippen LogP contribution is -2.48. The lowest BCUT2D eigenvalue weighted by molar-refractivity contribution is -0.900. The Morgan fingerprint density at radius 3 is 1.11 bits per heavy atom. The molecule has 5 nitrogen and oxygen atoms in total. The maximum atomic E-state index is 8.74. The molecule has 6 heteroatoms. The average molecular weight is 523 g/mol. The van der Waals surface area contributed by atoms with Crippen LogP contribution < -0.4 is 0 Å². The van der Waals surface area contributed by atoms with E-state index in [1.54, 1.807) is 0 Å². The van der Waals surface area contributed by atoms with Gasteiger partial charge in [-0.1, -0.05) is 136 Å². The van der Waals surface area contributed by atoms with Gasteiger partial charge in [0.05, 0.1) is 27.2 Å². The first-order chi connectivity index (χ1) is 16.4. The van der Waals surface area contributed by atoms with Crippen LogP contribution in [-0.4, -0.2) is 49.2 Å². The summed E-state index contributed by atoms with van der Waals surface area (Å²) in [5.74, 6) is 0.869. The molecule has 0 saturated heterocycles. The second-order valence-electron chi connectivity index (χ2n) is 11.7. The SMILES string of the molecule is CCCCCCCCCCCCCCCCCCC(C)C(CCCCC)[N+](C)(C)C.O=S(=O)(O)O. The number of hydrogen-bond acceptors (Lipinski definition) is 2. The van der Waals surface area contributed by atoms with Crippen LogP contribution in [0.1, 0.15) is 156 Å². The molecule has 2 unspecified atom stereocenters. The highest BCUT2D eigenvalue weighted by atomic mass is 32.3. The molecule has 0 aromatic carbocycles. The van der Waals surface area contributed by atoms with Crippen LogP contribution in [0.5, 0.6) is 0 Å². The van der Waals surface area contributed by atoms with Crippen molar-refractivity contribution in [1.29, 1.82) is 0 Å². The molecule has 0 aromatic rings. The van der Waals surface area contributed by atoms with Crippen molar-refractivity contribution in [3.63, 3.8) is 0 Å². The Bertz CT molecular complexity index is 523. The van der Waals surface area contributed by atoms with Gasteiger partial charge in [0.2, 0.25) is 0 Å². The summed E-state index contributed by atoms with van der Waals surface area (Å²) in [5, 5.41) is 0. The smallest absolute Gasteiger partial charge is 0.328 e. The molecule has 0 heterocycles. The van der Waals surface area contributed by atoms with Gasteiger partial charge in [0.25, 0.3) is 0 Å². The fraction of sp³-hybridized carbons (Fsp3) is 1.00. The molecule has 0 rings (SSSR count). The zero-order chi connectivity index (χ0) is 27.0. The molecule has 2 N–H and O–H groups in total. The molecular weight excluding hydrogens is 458 g/mol. The van der Waals surface area contributed by atoms with Gasteiger partial charge in [-0.05, 0) is 19.3 Å². The first kappa shape index (κ1) is 37.0. The number of quaternary nitrogens is 1. The van der Waals surface area contributed by atoms with E-state index < -0.39 is 10.4 Å². The third-order valence-electron chi connectivity index (χ3n) is 7.27. The predicted molar refractivity (Wildman–Crippen MR) is 153 cm³/mol. The van der Waals surface area contributed by atoms with E-state index in [4.69, 9.17) is 17.5 Å². The van der Waals surface area contributed by atoms with Gasteiger partial charge in [0, 0.05) is 5.92 Å². The lowest BCUT2D eigenvalue weighted by Gasteiger charge is -2.38. The van der Waals surface area contributed by atoms with Gasteiger partial charge < -0.3 is 4.48 Å². The zero-order valence-corrected chi connectivity index (χ0v) is 25.4. The predicted octanol–water partition coefficient (Wildman–Crippen LogP) is 9.28. The second kappa shape index (κ2) is 24.2. The minimum atomic E-state index is -4.67. The molecule has 0 radical (unpaired) electrons. The molecular formula is C29H64NO4S+. The average Bonchev–Trinajstić information content (AvgIpc) is 2.74. The Labute approximate surface area is 221 Å². The largest absolute Gasteiger partial charge is 0.394 e. The third kappa shape index (κ3) is 31.8. The topological polar surface area (TPSA) is 74.6 Å². The van der Waals surface area contributed by atoms with E-state index in [9.17, 15) is 0 Å². The summed E-state index contributed by atoms with van der Waals surface area (Å²) in [4.78, 5) is 0. The minimum absolute atomic E-state index is 0.841. The number of nitrogens with zero attached hydrogens (tertiary/aromatic N) is 1. The van der Waals surface area contributed by atoms with Crippen molar-refractivity contribution in [3.8, 4) is 0 Å². The zero-order valence-electron chi connectivity index (χ0n) is 24.6. The van der Waals surface area contributed by atoms with Crippen LogP contribution in [0.4, 0.5) is 0 Å². The molecule has 35 heavy (non-hydrogen) atoms. The van der Waals surface area contributed by atoms with Gasteiger partial charge in [-0.3, -0.25) is 9.11 Å². The lowest BCUT2D eigenvalue weighted by atomic mass is 9.89. The van der Waals surface area contributed by atoms with Crippen molar-refractivity contribution in [2.75, 3.05) is 21.1 Å². The molecule has 0 aromatic heterocycles. The molecule has 2 atom stereocenters. The quantitative estimate of drug-likeness (QED) is 0.0796. The van der Waals surface area contributed by atoms with Crippen LogP contribution in [0.3, 0.4) is 0 Å². The van der Waals surface area contributed by atoms with Crippen molar-refractivity contribution < 1.29 is 22.0 Å². The number of rotatable bonds is 23. The minimum Gasteiger partial charge on any atom is -0.328 e. The number of unbranched alkanes of at least 4 members (excludes halogenated alkanes) is 17. The summed E-state index contributed by atoms with van der Waals surface area (Å²) < 4.78 is 32.7. The van der Waals surface area contributed by atoms with Gasteiger partial charge >= 0.3 is 10.4 Å². The summed E-state index contributed by atoms with van der Waals surface area (Å²) in [6, 6.07) is 0.841. The van der Waals surface area contributed by atoms with Crippen molar-refractivity contribution in [1.82, 2.24) is 0 Å². The Hall–Kier alpha value is -0.170. The fourth-order valence-electron chi connectivity index (χ4n) is 5.25. The summed E-state index contributed by atoms with van der Waals surface area (Å²) >= 11 is 0. The molecule has 0 saturated carbocycles. The molecule has 0 aliphatic carbocycles. The van der Waals surface area contributed by atoms with Gasteiger partial charge in [0.15, 0.2) is 0 Å². The van der Waals surface area contributed by atoms with E-state index in [-0.39, 0.29) is 0 Å².